The van der Waals surface area contributed by atoms with Crippen molar-refractivity contribution in [3.8, 4) is 5.69 Å². The van der Waals surface area contributed by atoms with E-state index in [9.17, 15) is 0 Å². The van der Waals surface area contributed by atoms with Crippen LogP contribution in [0.3, 0.4) is 0 Å². The number of hydrogen-bond donors (Lipinski definition) is 0. The highest BCUT2D eigenvalue weighted by Gasteiger charge is 2.18. The molecule has 0 fully saturated rings. The maximum atomic E-state index is 2.50. The molecule has 0 spiro atoms. The molecule has 3 heterocycles. The van der Waals surface area contributed by atoms with Crippen molar-refractivity contribution in [3.05, 3.63) is 158 Å². The van der Waals surface area contributed by atoms with Crippen molar-refractivity contribution in [2.75, 3.05) is 0 Å². The summed E-state index contributed by atoms with van der Waals surface area (Å²) in [6.07, 6.45) is 0. The first-order valence-electron chi connectivity index (χ1n) is 15.2. The molecule has 0 radical (unpaired) electrons. The lowest BCUT2D eigenvalue weighted by molar-refractivity contribution is 1.19. The molecule has 10 rings (SSSR count). The molecule has 0 amide bonds. The van der Waals surface area contributed by atoms with Gasteiger partial charge in [-0.15, -0.1) is 0 Å². The van der Waals surface area contributed by atoms with E-state index in [1.54, 1.807) is 0 Å². The van der Waals surface area contributed by atoms with Gasteiger partial charge in [-0.1, -0.05) is 121 Å². The summed E-state index contributed by atoms with van der Waals surface area (Å²) in [6, 6.07) is 57.9. The fraction of sp³-hybridized carbons (Fsp3) is 0. The van der Waals surface area contributed by atoms with Gasteiger partial charge < -0.3 is 8.97 Å². The van der Waals surface area contributed by atoms with Gasteiger partial charge in [-0.05, 0) is 57.9 Å². The highest BCUT2D eigenvalue weighted by molar-refractivity contribution is 6.25. The Balaban J connectivity index is 1.56. The van der Waals surface area contributed by atoms with Gasteiger partial charge in [-0.2, -0.15) is 0 Å². The summed E-state index contributed by atoms with van der Waals surface area (Å²) in [6.45, 7) is 0. The van der Waals surface area contributed by atoms with Crippen LogP contribution in [-0.2, 0) is 0 Å². The molecule has 204 valence electrons. The number of benzene rings is 7. The Morgan fingerprint density at radius 2 is 0.568 bits per heavy atom. The number of para-hydroxylation sites is 4. The van der Waals surface area contributed by atoms with Gasteiger partial charge in [0.25, 0.3) is 0 Å². The van der Waals surface area contributed by atoms with Crippen LogP contribution in [0.2, 0.25) is 0 Å². The number of aromatic nitrogens is 2. The zero-order valence-corrected chi connectivity index (χ0v) is 23.9. The van der Waals surface area contributed by atoms with E-state index in [1.165, 1.54) is 87.1 Å². The molecule has 0 atom stereocenters. The minimum Gasteiger partial charge on any atom is -0.309 e. The first-order valence-corrected chi connectivity index (χ1v) is 15.2. The quantitative estimate of drug-likeness (QED) is 0.190. The normalized spacial score (nSPS) is 12.1. The van der Waals surface area contributed by atoms with Crippen molar-refractivity contribution in [1.82, 2.24) is 8.97 Å². The minimum atomic E-state index is 1.17. The second-order valence-corrected chi connectivity index (χ2v) is 11.7. The topological polar surface area (TPSA) is 9.34 Å². The number of nitrogens with zero attached hydrogens (tertiary/aromatic N) is 2. The van der Waals surface area contributed by atoms with Gasteiger partial charge in [0.15, 0.2) is 0 Å². The van der Waals surface area contributed by atoms with Crippen molar-refractivity contribution in [3.63, 3.8) is 0 Å². The standard InChI is InChI=1S/C42H26N2/c1-3-15-30-28(13-1)29-14-2-4-16-31(29)36-25-27(43-38-21-9-6-18-33(38)34-19-7-10-22-39(34)43)26-37-35-20-8-12-24-41(35)44(42(36)37)40-23-11-5-17-32(30)40/h1-26H. The Kier molecular flexibility index (Phi) is 4.75. The first kappa shape index (κ1) is 23.7. The molecule has 0 aliphatic rings. The molecule has 0 unspecified atom stereocenters. The summed E-state index contributed by atoms with van der Waals surface area (Å²) in [5, 5.41) is 12.5. The summed E-state index contributed by atoms with van der Waals surface area (Å²) in [4.78, 5) is 0. The van der Waals surface area contributed by atoms with Crippen LogP contribution in [0.4, 0.5) is 0 Å². The Morgan fingerprint density at radius 3 is 1.05 bits per heavy atom. The molecule has 3 aromatic heterocycles. The third-order valence-electron chi connectivity index (χ3n) is 9.46. The van der Waals surface area contributed by atoms with Gasteiger partial charge in [0, 0.05) is 38.0 Å². The Labute approximate surface area is 253 Å². The third kappa shape index (κ3) is 3.09. The van der Waals surface area contributed by atoms with Gasteiger partial charge in [0.2, 0.25) is 0 Å². The van der Waals surface area contributed by atoms with Gasteiger partial charge in [-0.3, -0.25) is 0 Å². The van der Waals surface area contributed by atoms with Crippen LogP contribution in [-0.4, -0.2) is 8.97 Å². The largest absolute Gasteiger partial charge is 0.309 e. The van der Waals surface area contributed by atoms with E-state index in [1.807, 2.05) is 0 Å². The first-order chi connectivity index (χ1) is 21.9. The van der Waals surface area contributed by atoms with Crippen LogP contribution >= 0.6 is 0 Å². The highest BCUT2D eigenvalue weighted by Crippen LogP contribution is 2.41. The average Bonchev–Trinajstić information content (AvgIpc) is 3.62. The lowest BCUT2D eigenvalue weighted by atomic mass is 10.00. The summed E-state index contributed by atoms with van der Waals surface area (Å²) in [7, 11) is 0. The summed E-state index contributed by atoms with van der Waals surface area (Å²) in [5.41, 5.74) is 7.26. The Morgan fingerprint density at radius 1 is 0.273 bits per heavy atom. The Hall–Kier alpha value is -5.86. The zero-order valence-electron chi connectivity index (χ0n) is 23.9. The highest BCUT2D eigenvalue weighted by atomic mass is 15.0. The maximum Gasteiger partial charge on any atom is 0.0621 e. The predicted molar refractivity (Wildman–Crippen MR) is 188 cm³/mol. The van der Waals surface area contributed by atoms with Crippen LogP contribution in [0.25, 0.3) is 87.1 Å². The van der Waals surface area contributed by atoms with Crippen LogP contribution in [0.5, 0.6) is 0 Å². The van der Waals surface area contributed by atoms with Crippen LogP contribution in [0.15, 0.2) is 158 Å². The molecule has 44 heavy (non-hydrogen) atoms. The average molecular weight is 559 g/mol. The molecule has 0 N–H and O–H groups in total. The van der Waals surface area contributed by atoms with E-state index in [2.05, 4.69) is 167 Å². The van der Waals surface area contributed by atoms with Crippen LogP contribution in [0, 0.1) is 0 Å². The summed E-state index contributed by atoms with van der Waals surface area (Å²) < 4.78 is 4.95. The molecule has 0 saturated heterocycles. The number of hydrogen-bond acceptors (Lipinski definition) is 0. The lowest BCUT2D eigenvalue weighted by Gasteiger charge is -2.11. The molecule has 7 aromatic carbocycles. The molecule has 0 saturated carbocycles. The molecule has 2 nitrogen and oxygen atoms in total. The van der Waals surface area contributed by atoms with Gasteiger partial charge in [0.05, 0.1) is 27.6 Å². The van der Waals surface area contributed by atoms with Crippen molar-refractivity contribution < 1.29 is 0 Å². The van der Waals surface area contributed by atoms with Crippen LogP contribution < -0.4 is 0 Å². The molecule has 0 aliphatic carbocycles. The van der Waals surface area contributed by atoms with Crippen LogP contribution in [0.1, 0.15) is 0 Å². The third-order valence-corrected chi connectivity index (χ3v) is 9.46. The number of fused-ring (bicyclic) bond motifs is 13. The Bertz CT molecular complexity index is 2780. The van der Waals surface area contributed by atoms with E-state index < -0.39 is 0 Å². The number of rotatable bonds is 1. The van der Waals surface area contributed by atoms with E-state index in [4.69, 9.17) is 0 Å². The van der Waals surface area contributed by atoms with E-state index >= 15 is 0 Å². The second kappa shape index (κ2) is 8.82. The fourth-order valence-corrected chi connectivity index (χ4v) is 7.67. The van der Waals surface area contributed by atoms with Crippen molar-refractivity contribution in [2.24, 2.45) is 0 Å². The summed E-state index contributed by atoms with van der Waals surface area (Å²) in [5.74, 6) is 0. The molecular formula is C42H26N2. The van der Waals surface area contributed by atoms with E-state index in [-0.39, 0.29) is 0 Å². The molecule has 0 bridgehead atoms. The molecule has 0 aliphatic heterocycles. The fourth-order valence-electron chi connectivity index (χ4n) is 7.67. The van der Waals surface area contributed by atoms with Gasteiger partial charge >= 0.3 is 0 Å². The van der Waals surface area contributed by atoms with Crippen molar-refractivity contribution >= 4 is 81.4 Å². The minimum absolute atomic E-state index is 1.17. The zero-order chi connectivity index (χ0) is 28.8. The molecular weight excluding hydrogens is 532 g/mol. The molecule has 2 heteroatoms. The van der Waals surface area contributed by atoms with Gasteiger partial charge in [0.1, 0.15) is 0 Å². The van der Waals surface area contributed by atoms with Gasteiger partial charge in [-0.25, -0.2) is 0 Å². The van der Waals surface area contributed by atoms with Crippen molar-refractivity contribution in [2.45, 2.75) is 0 Å². The second-order valence-electron chi connectivity index (χ2n) is 11.7. The lowest BCUT2D eigenvalue weighted by Crippen LogP contribution is -1.94. The maximum absolute atomic E-state index is 2.50. The van der Waals surface area contributed by atoms with Crippen molar-refractivity contribution in [1.29, 1.82) is 0 Å². The predicted octanol–water partition coefficient (Wildman–Crippen LogP) is 11.4. The molecule has 10 aromatic rings. The van der Waals surface area contributed by atoms with E-state index in [0.717, 1.165) is 0 Å². The summed E-state index contributed by atoms with van der Waals surface area (Å²) >= 11 is 0. The van der Waals surface area contributed by atoms with E-state index in [0.29, 0.717) is 0 Å². The monoisotopic (exact) mass is 558 g/mol. The smallest absolute Gasteiger partial charge is 0.0621 e. The SMILES string of the molecule is c1ccc2c(c1)c1ccccc1c1cc(-n3c4ccccc4c4ccccc43)cc3c4ccccc4n(c4ccccc24)c13.